The second kappa shape index (κ2) is 10.3. The van der Waals surface area contributed by atoms with Crippen LogP contribution in [0.5, 0.6) is 0 Å². The molecule has 8 aromatic carbocycles. The Hall–Kier alpha value is -5.66. The van der Waals surface area contributed by atoms with E-state index in [4.69, 9.17) is 4.42 Å². The van der Waals surface area contributed by atoms with E-state index in [1.165, 1.54) is 109 Å². The van der Waals surface area contributed by atoms with E-state index in [2.05, 4.69) is 146 Å². The largest absolute Gasteiger partial charge is 0.456 e. The van der Waals surface area contributed by atoms with Gasteiger partial charge in [0.15, 0.2) is 0 Å². The van der Waals surface area contributed by atoms with Gasteiger partial charge in [0.1, 0.15) is 11.2 Å². The van der Waals surface area contributed by atoms with Gasteiger partial charge in [-0.1, -0.05) is 121 Å². The van der Waals surface area contributed by atoms with Crippen molar-refractivity contribution < 1.29 is 4.42 Å². The van der Waals surface area contributed by atoms with Gasteiger partial charge in [0.2, 0.25) is 0 Å². The van der Waals surface area contributed by atoms with E-state index in [0.717, 1.165) is 34.8 Å². The van der Waals surface area contributed by atoms with Crippen molar-refractivity contribution >= 4 is 54.3 Å². The van der Waals surface area contributed by atoms with Crippen LogP contribution in [0.4, 0.5) is 0 Å². The van der Waals surface area contributed by atoms with Crippen molar-refractivity contribution in [2.75, 3.05) is 0 Å². The summed E-state index contributed by atoms with van der Waals surface area (Å²) in [6.45, 7) is 0. The zero-order valence-corrected chi connectivity index (χ0v) is 29.6. The second-order valence-electron chi connectivity index (χ2n) is 16.8. The molecule has 1 heteroatoms. The molecular weight excluding hydrogens is 641 g/mol. The molecule has 0 atom stereocenters. The zero-order chi connectivity index (χ0) is 34.4. The van der Waals surface area contributed by atoms with Crippen LogP contribution in [0, 0.1) is 23.7 Å². The molecule has 0 saturated heterocycles. The highest BCUT2D eigenvalue weighted by atomic mass is 16.3. The fourth-order valence-corrected chi connectivity index (χ4v) is 12.8. The van der Waals surface area contributed by atoms with Crippen molar-refractivity contribution in [2.45, 2.75) is 37.5 Å². The van der Waals surface area contributed by atoms with Crippen LogP contribution in [0.15, 0.2) is 150 Å². The van der Waals surface area contributed by atoms with E-state index in [9.17, 15) is 0 Å². The number of rotatable bonds is 2. The van der Waals surface area contributed by atoms with E-state index in [-0.39, 0.29) is 5.41 Å². The lowest BCUT2D eigenvalue weighted by molar-refractivity contribution is -0.0399. The molecule has 0 aliphatic heterocycles. The van der Waals surface area contributed by atoms with Gasteiger partial charge < -0.3 is 4.42 Å². The fourth-order valence-electron chi connectivity index (χ4n) is 12.8. The lowest BCUT2D eigenvalue weighted by Gasteiger charge is -2.61. The minimum atomic E-state index is 0.103. The Kier molecular flexibility index (Phi) is 5.59. The normalized spacial score (nSPS) is 23.9. The predicted octanol–water partition coefficient (Wildman–Crippen LogP) is 14.1. The summed E-state index contributed by atoms with van der Waals surface area (Å²) in [5.41, 5.74) is 13.4. The smallest absolute Gasteiger partial charge is 0.136 e. The van der Waals surface area contributed by atoms with Crippen LogP contribution in [0.3, 0.4) is 0 Å². The lowest BCUT2D eigenvalue weighted by atomic mass is 9.43. The number of fused-ring (bicyclic) bond motifs is 10. The van der Waals surface area contributed by atoms with E-state index in [0.29, 0.717) is 0 Å². The van der Waals surface area contributed by atoms with Crippen molar-refractivity contribution in [2.24, 2.45) is 23.7 Å². The first-order chi connectivity index (χ1) is 26.2. The van der Waals surface area contributed by atoms with Gasteiger partial charge in [-0.05, 0) is 157 Å². The topological polar surface area (TPSA) is 13.1 Å². The van der Waals surface area contributed by atoms with Crippen molar-refractivity contribution in [3.8, 4) is 33.4 Å². The Balaban J connectivity index is 1.08. The predicted molar refractivity (Wildman–Crippen MR) is 220 cm³/mol. The molecular formula is C52H38O. The maximum absolute atomic E-state index is 6.42. The summed E-state index contributed by atoms with van der Waals surface area (Å²) < 4.78 is 6.42. The molecule has 0 amide bonds. The Morgan fingerprint density at radius 1 is 0.396 bits per heavy atom. The standard InChI is InChI=1S/C52H38O/c1-2-10-37-32(9-1)19-22-45-51(37)44-21-18-33(28-46(44)52(45)35-24-30-23-31(26-35)27-36(52)25-30)49-40-12-3-5-14-42(40)50(43-15-6-4-13-41(43)49)34-17-20-39-38-11-7-8-16-47(38)53-48(39)29-34/h1-22,28-31,35-36H,23-27H2. The maximum atomic E-state index is 6.42. The molecule has 1 aromatic heterocycles. The highest BCUT2D eigenvalue weighted by molar-refractivity contribution is 6.22. The molecule has 5 aliphatic carbocycles. The van der Waals surface area contributed by atoms with E-state index >= 15 is 0 Å². The number of hydrogen-bond acceptors (Lipinski definition) is 1. The van der Waals surface area contributed by atoms with Crippen molar-refractivity contribution in [3.05, 3.63) is 157 Å². The van der Waals surface area contributed by atoms with Crippen LogP contribution in [0.1, 0.15) is 43.2 Å². The maximum Gasteiger partial charge on any atom is 0.136 e. The summed E-state index contributed by atoms with van der Waals surface area (Å²) in [5, 5.41) is 10.3. The van der Waals surface area contributed by atoms with Gasteiger partial charge in [-0.3, -0.25) is 0 Å². The number of benzene rings is 8. The average molecular weight is 679 g/mol. The summed E-state index contributed by atoms with van der Waals surface area (Å²) >= 11 is 0. The van der Waals surface area contributed by atoms with Crippen molar-refractivity contribution in [1.82, 2.24) is 0 Å². The Bertz CT molecular complexity index is 2940. The molecule has 0 N–H and O–H groups in total. The van der Waals surface area contributed by atoms with Gasteiger partial charge in [-0.25, -0.2) is 0 Å². The Labute approximate surface area is 308 Å². The molecule has 0 unspecified atom stereocenters. The van der Waals surface area contributed by atoms with Gasteiger partial charge in [0, 0.05) is 16.2 Å². The monoisotopic (exact) mass is 678 g/mol. The number of furan rings is 1. The first-order valence-corrected chi connectivity index (χ1v) is 19.8. The summed E-state index contributed by atoms with van der Waals surface area (Å²) in [4.78, 5) is 0. The van der Waals surface area contributed by atoms with Crippen molar-refractivity contribution in [1.29, 1.82) is 0 Å². The summed E-state index contributed by atoms with van der Waals surface area (Å²) in [6, 6.07) is 55.2. The van der Waals surface area contributed by atoms with E-state index in [1.54, 1.807) is 11.1 Å². The van der Waals surface area contributed by atoms with Gasteiger partial charge in [-0.15, -0.1) is 0 Å². The quantitative estimate of drug-likeness (QED) is 0.166. The third kappa shape index (κ3) is 3.68. The van der Waals surface area contributed by atoms with Gasteiger partial charge in [0.05, 0.1) is 0 Å². The molecule has 4 fully saturated rings. The zero-order valence-electron chi connectivity index (χ0n) is 29.6. The molecule has 53 heavy (non-hydrogen) atoms. The first kappa shape index (κ1) is 28.9. The van der Waals surface area contributed by atoms with Crippen LogP contribution in [-0.2, 0) is 5.41 Å². The summed E-state index contributed by atoms with van der Waals surface area (Å²) in [5.74, 6) is 3.27. The number of para-hydroxylation sites is 1. The minimum Gasteiger partial charge on any atom is -0.456 e. The Morgan fingerprint density at radius 3 is 1.62 bits per heavy atom. The van der Waals surface area contributed by atoms with Crippen LogP contribution in [-0.4, -0.2) is 0 Å². The highest BCUT2D eigenvalue weighted by Crippen LogP contribution is 2.70. The SMILES string of the molecule is c1ccc2c3c(ccc2c1)C1(c2cc(-c4c5ccccc5c(-c5ccc6c(c5)oc5ccccc56)c5ccccc45)ccc2-3)C2CC3CC(C2)CC1C3. The average Bonchev–Trinajstić information content (AvgIpc) is 3.72. The van der Waals surface area contributed by atoms with Gasteiger partial charge >= 0.3 is 0 Å². The fraction of sp³-hybridized carbons (Fsp3) is 0.192. The molecule has 252 valence electrons. The van der Waals surface area contributed by atoms with Crippen LogP contribution in [0.25, 0.3) is 87.6 Å². The van der Waals surface area contributed by atoms with Crippen LogP contribution in [0.2, 0.25) is 0 Å². The lowest BCUT2D eigenvalue weighted by Crippen LogP contribution is -2.55. The molecule has 1 spiro atoms. The molecule has 0 radical (unpaired) electrons. The van der Waals surface area contributed by atoms with Gasteiger partial charge in [0.25, 0.3) is 0 Å². The van der Waals surface area contributed by atoms with Crippen LogP contribution < -0.4 is 0 Å². The molecule has 14 rings (SSSR count). The first-order valence-electron chi connectivity index (χ1n) is 19.8. The number of hydrogen-bond donors (Lipinski definition) is 0. The second-order valence-corrected chi connectivity index (χ2v) is 16.8. The van der Waals surface area contributed by atoms with Crippen molar-refractivity contribution in [3.63, 3.8) is 0 Å². The van der Waals surface area contributed by atoms with E-state index < -0.39 is 0 Å². The molecule has 1 nitrogen and oxygen atoms in total. The Morgan fingerprint density at radius 2 is 0.943 bits per heavy atom. The van der Waals surface area contributed by atoms with Gasteiger partial charge in [-0.2, -0.15) is 0 Å². The minimum absolute atomic E-state index is 0.103. The third-order valence-electron chi connectivity index (χ3n) is 14.4. The molecule has 4 saturated carbocycles. The molecule has 1 heterocycles. The van der Waals surface area contributed by atoms with E-state index in [1.807, 2.05) is 0 Å². The highest BCUT2D eigenvalue weighted by Gasteiger charge is 2.61. The summed E-state index contributed by atoms with van der Waals surface area (Å²) in [7, 11) is 0. The molecule has 4 bridgehead atoms. The molecule has 9 aromatic rings. The van der Waals surface area contributed by atoms with Crippen LogP contribution >= 0.6 is 0 Å². The molecule has 5 aliphatic rings. The summed E-state index contributed by atoms with van der Waals surface area (Å²) in [6.07, 6.45) is 7.02. The third-order valence-corrected chi connectivity index (χ3v) is 14.4.